The Morgan fingerprint density at radius 3 is 2.50 bits per heavy atom. The molecule has 0 radical (unpaired) electrons. The van der Waals surface area contributed by atoms with Crippen molar-refractivity contribution in [1.82, 2.24) is 5.32 Å². The minimum atomic E-state index is -0.962. The van der Waals surface area contributed by atoms with Crippen LogP contribution in [0.3, 0.4) is 0 Å². The SMILES string of the molecule is CC(C)(C)C1CCC(Oc2cccc(-c3ccc(F)c(CNCCC(=O)O)c3F)c2)CC1. The summed E-state index contributed by atoms with van der Waals surface area (Å²) in [6.45, 7) is 6.92. The van der Waals surface area contributed by atoms with Gasteiger partial charge in [-0.2, -0.15) is 0 Å². The number of nitrogens with one attached hydrogen (secondary N) is 1. The molecular formula is C26H33F2NO3. The summed E-state index contributed by atoms with van der Waals surface area (Å²) in [4.78, 5) is 10.6. The predicted octanol–water partition coefficient (Wildman–Crippen LogP) is 6.18. The van der Waals surface area contributed by atoms with E-state index in [4.69, 9.17) is 9.84 Å². The average Bonchev–Trinajstić information content (AvgIpc) is 2.73. The van der Waals surface area contributed by atoms with E-state index in [-0.39, 0.29) is 31.2 Å². The second kappa shape index (κ2) is 10.4. The van der Waals surface area contributed by atoms with Crippen molar-refractivity contribution in [2.75, 3.05) is 6.54 Å². The molecule has 174 valence electrons. The lowest BCUT2D eigenvalue weighted by molar-refractivity contribution is -0.136. The Bertz CT molecular complexity index is 931. The maximum absolute atomic E-state index is 15.1. The number of halogens is 2. The Labute approximate surface area is 189 Å². The van der Waals surface area contributed by atoms with Crippen molar-refractivity contribution in [1.29, 1.82) is 0 Å². The van der Waals surface area contributed by atoms with E-state index in [1.54, 1.807) is 12.1 Å². The fourth-order valence-corrected chi connectivity index (χ4v) is 4.37. The van der Waals surface area contributed by atoms with Crippen LogP contribution >= 0.6 is 0 Å². The van der Waals surface area contributed by atoms with E-state index < -0.39 is 17.6 Å². The van der Waals surface area contributed by atoms with Crippen LogP contribution in [0.4, 0.5) is 8.78 Å². The Balaban J connectivity index is 1.69. The van der Waals surface area contributed by atoms with Crippen LogP contribution in [0.1, 0.15) is 58.4 Å². The highest BCUT2D eigenvalue weighted by molar-refractivity contribution is 5.67. The number of hydrogen-bond donors (Lipinski definition) is 2. The molecule has 4 nitrogen and oxygen atoms in total. The molecule has 1 fully saturated rings. The molecule has 0 amide bonds. The molecule has 0 unspecified atom stereocenters. The van der Waals surface area contributed by atoms with Crippen molar-refractivity contribution < 1.29 is 23.4 Å². The number of ether oxygens (including phenoxy) is 1. The third-order valence-corrected chi connectivity index (χ3v) is 6.35. The first-order valence-corrected chi connectivity index (χ1v) is 11.3. The van der Waals surface area contributed by atoms with Crippen molar-refractivity contribution >= 4 is 5.97 Å². The van der Waals surface area contributed by atoms with Gasteiger partial charge in [-0.25, -0.2) is 8.78 Å². The number of aliphatic carboxylic acids is 1. The van der Waals surface area contributed by atoms with Crippen LogP contribution in [-0.2, 0) is 11.3 Å². The Kier molecular flexibility index (Phi) is 7.88. The first kappa shape index (κ1) is 24.2. The second-order valence-electron chi connectivity index (χ2n) is 9.69. The minimum Gasteiger partial charge on any atom is -0.490 e. The second-order valence-corrected chi connectivity index (χ2v) is 9.69. The van der Waals surface area contributed by atoms with E-state index in [0.29, 0.717) is 28.2 Å². The largest absolute Gasteiger partial charge is 0.490 e. The van der Waals surface area contributed by atoms with Gasteiger partial charge < -0.3 is 15.2 Å². The van der Waals surface area contributed by atoms with Gasteiger partial charge in [0.2, 0.25) is 0 Å². The summed E-state index contributed by atoms with van der Waals surface area (Å²) in [6.07, 6.45) is 4.32. The highest BCUT2D eigenvalue weighted by atomic mass is 19.1. The molecule has 2 aromatic rings. The first-order valence-electron chi connectivity index (χ1n) is 11.3. The van der Waals surface area contributed by atoms with E-state index in [9.17, 15) is 9.18 Å². The zero-order valence-corrected chi connectivity index (χ0v) is 19.1. The molecule has 32 heavy (non-hydrogen) atoms. The molecular weight excluding hydrogens is 412 g/mol. The fourth-order valence-electron chi connectivity index (χ4n) is 4.37. The number of carboxylic acid groups (broad SMARTS) is 1. The van der Waals surface area contributed by atoms with Gasteiger partial charge in [-0.3, -0.25) is 4.79 Å². The molecule has 1 aliphatic carbocycles. The van der Waals surface area contributed by atoms with Gasteiger partial charge in [0.25, 0.3) is 0 Å². The average molecular weight is 446 g/mol. The van der Waals surface area contributed by atoms with Gasteiger partial charge in [0.1, 0.15) is 17.4 Å². The molecule has 2 N–H and O–H groups in total. The summed E-state index contributed by atoms with van der Waals surface area (Å²) < 4.78 is 35.5. The molecule has 0 bridgehead atoms. The molecule has 0 aromatic heterocycles. The zero-order valence-electron chi connectivity index (χ0n) is 19.1. The maximum Gasteiger partial charge on any atom is 0.304 e. The van der Waals surface area contributed by atoms with Crippen molar-refractivity contribution in [3.8, 4) is 16.9 Å². The molecule has 0 heterocycles. The quantitative estimate of drug-likeness (QED) is 0.477. The highest BCUT2D eigenvalue weighted by Gasteiger charge is 2.30. The summed E-state index contributed by atoms with van der Waals surface area (Å²) in [5.41, 5.74) is 1.13. The van der Waals surface area contributed by atoms with E-state index in [2.05, 4.69) is 26.1 Å². The molecule has 1 saturated carbocycles. The first-order chi connectivity index (χ1) is 15.1. The summed E-state index contributed by atoms with van der Waals surface area (Å²) in [7, 11) is 0. The monoisotopic (exact) mass is 445 g/mol. The van der Waals surface area contributed by atoms with Crippen LogP contribution < -0.4 is 10.1 Å². The normalized spacial score (nSPS) is 19.0. The van der Waals surface area contributed by atoms with Gasteiger partial charge in [0.05, 0.1) is 12.5 Å². The number of benzene rings is 2. The Hall–Kier alpha value is -2.47. The summed E-state index contributed by atoms with van der Waals surface area (Å²) in [5, 5.41) is 11.5. The molecule has 0 atom stereocenters. The molecule has 1 aliphatic rings. The van der Waals surface area contributed by atoms with Gasteiger partial charge >= 0.3 is 5.97 Å². The van der Waals surface area contributed by atoms with Crippen LogP contribution in [0.25, 0.3) is 11.1 Å². The van der Waals surface area contributed by atoms with Crippen molar-refractivity contribution in [3.05, 3.63) is 53.6 Å². The third kappa shape index (κ3) is 6.28. The molecule has 2 aromatic carbocycles. The zero-order chi connectivity index (χ0) is 23.3. The number of carbonyl (C=O) groups is 1. The minimum absolute atomic E-state index is 0.0774. The van der Waals surface area contributed by atoms with Crippen LogP contribution in [0, 0.1) is 23.0 Å². The standard InChI is InChI=1S/C26H33F2NO3/c1-26(2,3)18-7-9-19(10-8-18)32-20-6-4-5-17(15-20)21-11-12-23(27)22(25(21)28)16-29-14-13-24(30)31/h4-6,11-12,15,18-19,29H,7-10,13-14,16H2,1-3H3,(H,30,31). The molecule has 0 spiro atoms. The van der Waals surface area contributed by atoms with Gasteiger partial charge in [-0.15, -0.1) is 0 Å². The van der Waals surface area contributed by atoms with Gasteiger partial charge in [-0.1, -0.05) is 32.9 Å². The number of rotatable bonds is 8. The Morgan fingerprint density at radius 1 is 1.12 bits per heavy atom. The number of hydrogen-bond acceptors (Lipinski definition) is 3. The molecule has 3 rings (SSSR count). The van der Waals surface area contributed by atoms with Gasteiger partial charge in [-0.05, 0) is 66.8 Å². The lowest BCUT2D eigenvalue weighted by Crippen LogP contribution is -2.30. The van der Waals surface area contributed by atoms with Crippen LogP contribution in [0.2, 0.25) is 0 Å². The van der Waals surface area contributed by atoms with E-state index in [1.165, 1.54) is 12.1 Å². The van der Waals surface area contributed by atoms with Crippen molar-refractivity contribution in [2.45, 2.75) is 65.5 Å². The lowest BCUT2D eigenvalue weighted by atomic mass is 9.72. The van der Waals surface area contributed by atoms with Crippen molar-refractivity contribution in [3.63, 3.8) is 0 Å². The van der Waals surface area contributed by atoms with Gasteiger partial charge in [0, 0.05) is 24.2 Å². The van der Waals surface area contributed by atoms with E-state index in [0.717, 1.165) is 25.7 Å². The summed E-state index contributed by atoms with van der Waals surface area (Å²) in [5.74, 6) is -0.875. The van der Waals surface area contributed by atoms with Crippen LogP contribution in [0.15, 0.2) is 36.4 Å². The van der Waals surface area contributed by atoms with Crippen LogP contribution in [0.5, 0.6) is 5.75 Å². The highest BCUT2D eigenvalue weighted by Crippen LogP contribution is 2.39. The molecule has 6 heteroatoms. The maximum atomic E-state index is 15.1. The van der Waals surface area contributed by atoms with E-state index >= 15 is 4.39 Å². The number of carboxylic acids is 1. The predicted molar refractivity (Wildman–Crippen MR) is 122 cm³/mol. The van der Waals surface area contributed by atoms with Crippen molar-refractivity contribution in [2.24, 2.45) is 11.3 Å². The third-order valence-electron chi connectivity index (χ3n) is 6.35. The smallest absolute Gasteiger partial charge is 0.304 e. The van der Waals surface area contributed by atoms with E-state index in [1.807, 2.05) is 12.1 Å². The Morgan fingerprint density at radius 2 is 1.84 bits per heavy atom. The summed E-state index contributed by atoms with van der Waals surface area (Å²) >= 11 is 0. The molecule has 0 saturated heterocycles. The fraction of sp³-hybridized carbons (Fsp3) is 0.500. The van der Waals surface area contributed by atoms with Gasteiger partial charge in [0.15, 0.2) is 0 Å². The van der Waals surface area contributed by atoms with Crippen LogP contribution in [-0.4, -0.2) is 23.7 Å². The topological polar surface area (TPSA) is 58.6 Å². The lowest BCUT2D eigenvalue weighted by Gasteiger charge is -2.37. The summed E-state index contributed by atoms with van der Waals surface area (Å²) in [6, 6.07) is 9.94. The molecule has 0 aliphatic heterocycles.